The molecule has 0 atom stereocenters. The van der Waals surface area contributed by atoms with Gasteiger partial charge in [0.1, 0.15) is 5.75 Å². The van der Waals surface area contributed by atoms with Crippen molar-refractivity contribution in [3.05, 3.63) is 23.8 Å². The molecule has 0 aliphatic heterocycles. The Morgan fingerprint density at radius 2 is 2.05 bits per heavy atom. The third-order valence-electron chi connectivity index (χ3n) is 2.80. The van der Waals surface area contributed by atoms with Crippen molar-refractivity contribution < 1.29 is 19.4 Å². The van der Waals surface area contributed by atoms with Crippen LogP contribution in [0.25, 0.3) is 0 Å². The van der Waals surface area contributed by atoms with Gasteiger partial charge < -0.3 is 15.2 Å². The summed E-state index contributed by atoms with van der Waals surface area (Å²) in [5, 5.41) is 11.7. The van der Waals surface area contributed by atoms with E-state index in [-0.39, 0.29) is 23.5 Å². The molecule has 1 aliphatic rings. The number of nitrogens with one attached hydrogen (secondary N) is 1. The monoisotopic (exact) mass is 263 g/mol. The molecule has 1 aromatic rings. The lowest BCUT2D eigenvalue weighted by Gasteiger charge is -2.15. The lowest BCUT2D eigenvalue weighted by Crippen LogP contribution is -2.16. The summed E-state index contributed by atoms with van der Waals surface area (Å²) in [6, 6.07) is 4.47. The number of hydrogen-bond donors (Lipinski definition) is 2. The van der Waals surface area contributed by atoms with Crippen LogP contribution in [-0.4, -0.2) is 23.1 Å². The number of aromatic carboxylic acids is 1. The summed E-state index contributed by atoms with van der Waals surface area (Å²) in [6.07, 6.45) is 1.74. The van der Waals surface area contributed by atoms with Gasteiger partial charge in [0.15, 0.2) is 0 Å². The van der Waals surface area contributed by atoms with Gasteiger partial charge in [-0.25, -0.2) is 4.79 Å². The average Bonchev–Trinajstić information content (AvgIpc) is 3.14. The van der Waals surface area contributed by atoms with E-state index >= 15 is 0 Å². The molecule has 0 spiro atoms. The molecular formula is C14H17NO4. The maximum atomic E-state index is 11.8. The van der Waals surface area contributed by atoms with Crippen LogP contribution in [0, 0.1) is 5.92 Å². The lowest BCUT2D eigenvalue weighted by molar-refractivity contribution is -0.117. The first-order chi connectivity index (χ1) is 8.97. The van der Waals surface area contributed by atoms with Crippen molar-refractivity contribution in [3.8, 4) is 5.75 Å². The number of ether oxygens (including phenoxy) is 1. The van der Waals surface area contributed by atoms with Gasteiger partial charge in [0, 0.05) is 5.92 Å². The molecule has 0 saturated heterocycles. The molecule has 2 N–H and O–H groups in total. The van der Waals surface area contributed by atoms with Crippen LogP contribution in [0.5, 0.6) is 5.75 Å². The van der Waals surface area contributed by atoms with Crippen molar-refractivity contribution in [1.82, 2.24) is 0 Å². The Labute approximate surface area is 111 Å². The number of anilines is 1. The van der Waals surface area contributed by atoms with Crippen LogP contribution in [-0.2, 0) is 4.79 Å². The van der Waals surface area contributed by atoms with Gasteiger partial charge in [-0.3, -0.25) is 4.79 Å². The molecule has 0 bridgehead atoms. The van der Waals surface area contributed by atoms with Gasteiger partial charge >= 0.3 is 5.97 Å². The fourth-order valence-electron chi connectivity index (χ4n) is 1.70. The predicted molar refractivity (Wildman–Crippen MR) is 70.5 cm³/mol. The molecule has 1 fully saturated rings. The largest absolute Gasteiger partial charge is 0.489 e. The fourth-order valence-corrected chi connectivity index (χ4v) is 1.70. The minimum atomic E-state index is -1.03. The highest BCUT2D eigenvalue weighted by Gasteiger charge is 2.30. The summed E-state index contributed by atoms with van der Waals surface area (Å²) in [5.74, 6) is -0.552. The second-order valence-corrected chi connectivity index (χ2v) is 4.95. The molecule has 102 valence electrons. The summed E-state index contributed by atoms with van der Waals surface area (Å²) in [7, 11) is 0. The van der Waals surface area contributed by atoms with E-state index in [0.29, 0.717) is 11.4 Å². The second kappa shape index (κ2) is 5.30. The molecule has 5 nitrogen and oxygen atoms in total. The number of benzene rings is 1. The standard InChI is InChI=1S/C14H17NO4/c1-8(2)19-12-6-5-10(14(17)18)7-11(12)15-13(16)9-3-4-9/h5-9H,3-4H2,1-2H3,(H,15,16)(H,17,18). The normalized spacial score (nSPS) is 14.3. The van der Waals surface area contributed by atoms with Crippen LogP contribution in [0.15, 0.2) is 18.2 Å². The highest BCUT2D eigenvalue weighted by atomic mass is 16.5. The zero-order valence-corrected chi connectivity index (χ0v) is 11.0. The average molecular weight is 263 g/mol. The Kier molecular flexibility index (Phi) is 3.74. The summed E-state index contributed by atoms with van der Waals surface area (Å²) >= 11 is 0. The van der Waals surface area contributed by atoms with Crippen LogP contribution in [0.1, 0.15) is 37.0 Å². The summed E-state index contributed by atoms with van der Waals surface area (Å²) < 4.78 is 5.57. The molecule has 0 heterocycles. The van der Waals surface area contributed by atoms with E-state index in [1.807, 2.05) is 13.8 Å². The van der Waals surface area contributed by atoms with Gasteiger partial charge in [0.25, 0.3) is 0 Å². The quantitative estimate of drug-likeness (QED) is 0.855. The highest BCUT2D eigenvalue weighted by molar-refractivity contribution is 5.97. The minimum Gasteiger partial charge on any atom is -0.489 e. The van der Waals surface area contributed by atoms with Gasteiger partial charge in [0.05, 0.1) is 17.4 Å². The van der Waals surface area contributed by atoms with Gasteiger partial charge in [-0.15, -0.1) is 0 Å². The summed E-state index contributed by atoms with van der Waals surface area (Å²) in [5.41, 5.74) is 0.549. The van der Waals surface area contributed by atoms with Crippen LogP contribution < -0.4 is 10.1 Å². The zero-order valence-electron chi connectivity index (χ0n) is 11.0. The molecule has 0 aromatic heterocycles. The van der Waals surface area contributed by atoms with Crippen LogP contribution in [0.3, 0.4) is 0 Å². The number of hydrogen-bond acceptors (Lipinski definition) is 3. The smallest absolute Gasteiger partial charge is 0.335 e. The molecular weight excluding hydrogens is 246 g/mol. The first-order valence-electron chi connectivity index (χ1n) is 6.32. The topological polar surface area (TPSA) is 75.6 Å². The van der Waals surface area contributed by atoms with Crippen molar-refractivity contribution in [2.24, 2.45) is 5.92 Å². The minimum absolute atomic E-state index is 0.0488. The van der Waals surface area contributed by atoms with E-state index in [9.17, 15) is 9.59 Å². The number of amides is 1. The second-order valence-electron chi connectivity index (χ2n) is 4.95. The van der Waals surface area contributed by atoms with E-state index in [0.717, 1.165) is 12.8 Å². The van der Waals surface area contributed by atoms with E-state index in [4.69, 9.17) is 9.84 Å². The number of rotatable bonds is 5. The first kappa shape index (κ1) is 13.4. The Bertz CT molecular complexity index is 506. The Balaban J connectivity index is 2.25. The van der Waals surface area contributed by atoms with E-state index in [1.165, 1.54) is 12.1 Å². The molecule has 1 aromatic carbocycles. The maximum absolute atomic E-state index is 11.8. The highest BCUT2D eigenvalue weighted by Crippen LogP contribution is 2.33. The molecule has 0 radical (unpaired) electrons. The number of carboxylic acids is 1. The molecule has 5 heteroatoms. The molecule has 2 rings (SSSR count). The third kappa shape index (κ3) is 3.47. The third-order valence-corrected chi connectivity index (χ3v) is 2.80. The summed E-state index contributed by atoms with van der Waals surface area (Å²) in [6.45, 7) is 3.75. The van der Waals surface area contributed by atoms with Crippen LogP contribution in [0.2, 0.25) is 0 Å². The molecule has 1 saturated carbocycles. The van der Waals surface area contributed by atoms with Crippen LogP contribution >= 0.6 is 0 Å². The Hall–Kier alpha value is -2.04. The Morgan fingerprint density at radius 3 is 2.58 bits per heavy atom. The van der Waals surface area contributed by atoms with E-state index in [2.05, 4.69) is 5.32 Å². The maximum Gasteiger partial charge on any atom is 0.335 e. The molecule has 19 heavy (non-hydrogen) atoms. The van der Waals surface area contributed by atoms with Crippen LogP contribution in [0.4, 0.5) is 5.69 Å². The summed E-state index contributed by atoms with van der Waals surface area (Å²) in [4.78, 5) is 22.7. The van der Waals surface area contributed by atoms with E-state index < -0.39 is 5.97 Å². The van der Waals surface area contributed by atoms with Crippen molar-refractivity contribution >= 4 is 17.6 Å². The number of carbonyl (C=O) groups excluding carboxylic acids is 1. The van der Waals surface area contributed by atoms with Gasteiger partial charge in [-0.2, -0.15) is 0 Å². The van der Waals surface area contributed by atoms with E-state index in [1.54, 1.807) is 6.07 Å². The van der Waals surface area contributed by atoms with Gasteiger partial charge in [-0.05, 0) is 44.9 Å². The van der Waals surface area contributed by atoms with Gasteiger partial charge in [-0.1, -0.05) is 0 Å². The lowest BCUT2D eigenvalue weighted by atomic mass is 10.1. The molecule has 1 aliphatic carbocycles. The SMILES string of the molecule is CC(C)Oc1ccc(C(=O)O)cc1NC(=O)C1CC1. The van der Waals surface area contributed by atoms with Crippen molar-refractivity contribution in [2.45, 2.75) is 32.8 Å². The predicted octanol–water partition coefficient (Wildman–Crippen LogP) is 2.52. The number of carbonyl (C=O) groups is 2. The molecule has 1 amide bonds. The molecule has 0 unspecified atom stereocenters. The van der Waals surface area contributed by atoms with Crippen molar-refractivity contribution in [3.63, 3.8) is 0 Å². The zero-order chi connectivity index (χ0) is 14.0. The number of carboxylic acid groups (broad SMARTS) is 1. The first-order valence-corrected chi connectivity index (χ1v) is 6.32. The van der Waals surface area contributed by atoms with Gasteiger partial charge in [0.2, 0.25) is 5.91 Å². The Morgan fingerprint density at radius 1 is 1.37 bits per heavy atom. The fraction of sp³-hybridized carbons (Fsp3) is 0.429. The van der Waals surface area contributed by atoms with Crippen molar-refractivity contribution in [1.29, 1.82) is 0 Å². The van der Waals surface area contributed by atoms with Crippen molar-refractivity contribution in [2.75, 3.05) is 5.32 Å².